The highest BCUT2D eigenvalue weighted by Gasteiger charge is 2.12. The third-order valence-electron chi connectivity index (χ3n) is 2.67. The monoisotopic (exact) mass is 248 g/mol. The molecular weight excluding hydrogens is 240 g/mol. The van der Waals surface area contributed by atoms with E-state index in [1.165, 1.54) is 12.1 Å². The molecule has 0 spiro atoms. The quantitative estimate of drug-likeness (QED) is 0.645. The highest BCUT2D eigenvalue weighted by molar-refractivity contribution is 7.85. The number of fused-ring (bicyclic) bond motifs is 3. The van der Waals surface area contributed by atoms with Crippen molar-refractivity contribution in [3.8, 4) is 0 Å². The van der Waals surface area contributed by atoms with Crippen LogP contribution in [0.1, 0.15) is 0 Å². The predicted molar refractivity (Wildman–Crippen MR) is 63.4 cm³/mol. The van der Waals surface area contributed by atoms with E-state index < -0.39 is 10.1 Å². The van der Waals surface area contributed by atoms with Crippen LogP contribution in [-0.2, 0) is 10.1 Å². The summed E-state index contributed by atoms with van der Waals surface area (Å²) >= 11 is 0. The Morgan fingerprint density at radius 2 is 1.94 bits per heavy atom. The largest absolute Gasteiger partial charge is 0.353 e. The highest BCUT2D eigenvalue weighted by atomic mass is 32.2. The van der Waals surface area contributed by atoms with Crippen LogP contribution in [0.5, 0.6) is 0 Å². The maximum atomic E-state index is 11.1. The van der Waals surface area contributed by atoms with Crippen molar-refractivity contribution in [2.75, 3.05) is 0 Å². The van der Waals surface area contributed by atoms with Gasteiger partial charge in [-0.05, 0) is 24.3 Å². The molecule has 0 saturated carbocycles. The van der Waals surface area contributed by atoms with Gasteiger partial charge in [0.05, 0.1) is 16.6 Å². The number of nitrogens with one attached hydrogen (secondary N) is 1. The molecule has 2 N–H and O–H groups in total. The van der Waals surface area contributed by atoms with Crippen LogP contribution < -0.4 is 0 Å². The number of rotatable bonds is 1. The predicted octanol–water partition coefficient (Wildman–Crippen LogP) is 1.96. The van der Waals surface area contributed by atoms with Crippen LogP contribution in [0.4, 0.5) is 0 Å². The Kier molecular flexibility index (Phi) is 1.98. The second-order valence-electron chi connectivity index (χ2n) is 3.73. The Hall–Kier alpha value is -1.92. The lowest BCUT2D eigenvalue weighted by Gasteiger charge is -1.96. The first-order valence-corrected chi connectivity index (χ1v) is 6.33. The summed E-state index contributed by atoms with van der Waals surface area (Å²) in [5, 5.41) is 1.62. The van der Waals surface area contributed by atoms with Crippen molar-refractivity contribution in [1.29, 1.82) is 0 Å². The van der Waals surface area contributed by atoms with Crippen molar-refractivity contribution in [2.45, 2.75) is 4.90 Å². The Morgan fingerprint density at radius 3 is 2.71 bits per heavy atom. The molecule has 0 atom stereocenters. The molecule has 2 heterocycles. The molecule has 0 aliphatic rings. The van der Waals surface area contributed by atoms with Gasteiger partial charge in [-0.1, -0.05) is 0 Å². The van der Waals surface area contributed by atoms with Gasteiger partial charge in [-0.2, -0.15) is 8.42 Å². The molecule has 0 aliphatic carbocycles. The van der Waals surface area contributed by atoms with Crippen LogP contribution in [0.3, 0.4) is 0 Å². The number of nitrogens with zero attached hydrogens (tertiary/aromatic N) is 1. The number of hydrogen-bond donors (Lipinski definition) is 2. The maximum Gasteiger partial charge on any atom is 0.294 e. The van der Waals surface area contributed by atoms with Crippen molar-refractivity contribution in [3.63, 3.8) is 0 Å². The standard InChI is InChI=1S/C11H8N2O3S/c14-17(15,16)7-1-2-10-9(5-7)8-3-4-12-6-11(8)13-10/h1-6,13H,(H,14,15,16). The number of pyridine rings is 1. The van der Waals surface area contributed by atoms with Crippen molar-refractivity contribution < 1.29 is 13.0 Å². The van der Waals surface area contributed by atoms with E-state index in [-0.39, 0.29) is 4.90 Å². The Balaban J connectivity index is 2.46. The Labute approximate surface area is 96.9 Å². The van der Waals surface area contributed by atoms with E-state index >= 15 is 0 Å². The normalized spacial score (nSPS) is 12.3. The van der Waals surface area contributed by atoms with Crippen molar-refractivity contribution in [3.05, 3.63) is 36.7 Å². The van der Waals surface area contributed by atoms with Crippen molar-refractivity contribution in [2.24, 2.45) is 0 Å². The Bertz CT molecular complexity index is 821. The van der Waals surface area contributed by atoms with Crippen LogP contribution in [0.15, 0.2) is 41.6 Å². The number of H-pyrrole nitrogens is 1. The van der Waals surface area contributed by atoms with Gasteiger partial charge in [0, 0.05) is 22.5 Å². The van der Waals surface area contributed by atoms with E-state index in [4.69, 9.17) is 4.55 Å². The summed E-state index contributed by atoms with van der Waals surface area (Å²) in [4.78, 5) is 6.99. The summed E-state index contributed by atoms with van der Waals surface area (Å²) < 4.78 is 31.1. The van der Waals surface area contributed by atoms with Crippen molar-refractivity contribution in [1.82, 2.24) is 9.97 Å². The van der Waals surface area contributed by atoms with Gasteiger partial charge in [0.1, 0.15) is 0 Å². The first-order valence-electron chi connectivity index (χ1n) is 4.89. The van der Waals surface area contributed by atoms with E-state index in [2.05, 4.69) is 9.97 Å². The average Bonchev–Trinajstić information content (AvgIpc) is 2.65. The minimum Gasteiger partial charge on any atom is -0.353 e. The first kappa shape index (κ1) is 10.2. The number of hydrogen-bond acceptors (Lipinski definition) is 3. The van der Waals surface area contributed by atoms with Crippen LogP contribution >= 0.6 is 0 Å². The van der Waals surface area contributed by atoms with Gasteiger partial charge in [-0.15, -0.1) is 0 Å². The van der Waals surface area contributed by atoms with Gasteiger partial charge in [0.15, 0.2) is 0 Å². The van der Waals surface area contributed by atoms with Crippen LogP contribution in [0.2, 0.25) is 0 Å². The summed E-state index contributed by atoms with van der Waals surface area (Å²) in [6.07, 6.45) is 3.30. The zero-order valence-electron chi connectivity index (χ0n) is 8.58. The van der Waals surface area contributed by atoms with Crippen LogP contribution in [0, 0.1) is 0 Å². The lowest BCUT2D eigenvalue weighted by molar-refractivity contribution is 0.483. The van der Waals surface area contributed by atoms with Crippen molar-refractivity contribution >= 4 is 31.9 Å². The number of benzene rings is 1. The third kappa shape index (κ3) is 1.58. The molecule has 3 aromatic rings. The molecule has 3 rings (SSSR count). The average molecular weight is 248 g/mol. The van der Waals surface area contributed by atoms with E-state index in [9.17, 15) is 8.42 Å². The zero-order valence-corrected chi connectivity index (χ0v) is 9.40. The van der Waals surface area contributed by atoms with Gasteiger partial charge in [0.2, 0.25) is 0 Å². The summed E-state index contributed by atoms with van der Waals surface area (Å²) in [6.45, 7) is 0. The van der Waals surface area contributed by atoms with Gasteiger partial charge >= 0.3 is 0 Å². The lowest BCUT2D eigenvalue weighted by atomic mass is 10.2. The summed E-state index contributed by atoms with van der Waals surface area (Å²) in [5.41, 5.74) is 1.63. The van der Waals surface area contributed by atoms with Crippen LogP contribution in [-0.4, -0.2) is 22.9 Å². The lowest BCUT2D eigenvalue weighted by Crippen LogP contribution is -1.96. The summed E-state index contributed by atoms with van der Waals surface area (Å²) in [6, 6.07) is 6.23. The molecule has 0 unspecified atom stereocenters. The fourth-order valence-corrected chi connectivity index (χ4v) is 2.40. The molecule has 2 aromatic heterocycles. The van der Waals surface area contributed by atoms with Gasteiger partial charge in [-0.3, -0.25) is 9.54 Å². The summed E-state index contributed by atoms with van der Waals surface area (Å²) in [5.74, 6) is 0. The maximum absolute atomic E-state index is 11.1. The minimum absolute atomic E-state index is 0.109. The SMILES string of the molecule is O=S(=O)(O)c1ccc2[nH]c3cnccc3c2c1. The number of aromatic amines is 1. The van der Waals surface area contributed by atoms with Gasteiger partial charge < -0.3 is 4.98 Å². The molecule has 0 aliphatic heterocycles. The van der Waals surface area contributed by atoms with Gasteiger partial charge in [-0.25, -0.2) is 0 Å². The second kappa shape index (κ2) is 3.28. The molecule has 6 heteroatoms. The topological polar surface area (TPSA) is 83.0 Å². The molecule has 17 heavy (non-hydrogen) atoms. The molecule has 0 amide bonds. The van der Waals surface area contributed by atoms with E-state index in [0.29, 0.717) is 0 Å². The fraction of sp³-hybridized carbons (Fsp3) is 0. The van der Waals surface area contributed by atoms with E-state index in [1.54, 1.807) is 24.5 Å². The molecule has 5 nitrogen and oxygen atoms in total. The molecule has 0 saturated heterocycles. The third-order valence-corrected chi connectivity index (χ3v) is 3.52. The van der Waals surface area contributed by atoms with Gasteiger partial charge in [0.25, 0.3) is 10.1 Å². The number of aromatic nitrogens is 2. The first-order chi connectivity index (χ1) is 8.05. The van der Waals surface area contributed by atoms with E-state index in [0.717, 1.165) is 21.8 Å². The second-order valence-corrected chi connectivity index (χ2v) is 5.15. The molecule has 0 fully saturated rings. The van der Waals surface area contributed by atoms with Crippen LogP contribution in [0.25, 0.3) is 21.8 Å². The zero-order chi connectivity index (χ0) is 12.0. The Morgan fingerprint density at radius 1 is 1.12 bits per heavy atom. The van der Waals surface area contributed by atoms with E-state index in [1.807, 2.05) is 0 Å². The fourth-order valence-electron chi connectivity index (χ4n) is 1.89. The molecular formula is C11H8N2O3S. The highest BCUT2D eigenvalue weighted by Crippen LogP contribution is 2.26. The molecule has 86 valence electrons. The smallest absolute Gasteiger partial charge is 0.294 e. The molecule has 1 aromatic carbocycles. The summed E-state index contributed by atoms with van der Waals surface area (Å²) in [7, 11) is -4.17. The molecule has 0 bridgehead atoms. The minimum atomic E-state index is -4.17. The molecule has 0 radical (unpaired) electrons.